The van der Waals surface area contributed by atoms with E-state index < -0.39 is 11.9 Å². The zero-order valence-electron chi connectivity index (χ0n) is 11.3. The summed E-state index contributed by atoms with van der Waals surface area (Å²) in [5, 5.41) is 9.34. The van der Waals surface area contributed by atoms with Crippen LogP contribution in [0.5, 0.6) is 0 Å². The molecule has 3 heteroatoms. The Balaban J connectivity index is 2.13. The summed E-state index contributed by atoms with van der Waals surface area (Å²) in [4.78, 5) is 11.4. The molecule has 1 N–H and O–H groups in total. The first kappa shape index (κ1) is 14.3. The summed E-state index contributed by atoms with van der Waals surface area (Å²) in [7, 11) is 0. The van der Waals surface area contributed by atoms with E-state index in [4.69, 9.17) is 0 Å². The van der Waals surface area contributed by atoms with Gasteiger partial charge in [0.05, 0.1) is 5.92 Å². The number of carboxylic acids is 1. The van der Waals surface area contributed by atoms with E-state index in [1.165, 1.54) is 12.1 Å². The van der Waals surface area contributed by atoms with Gasteiger partial charge in [0.15, 0.2) is 0 Å². The maximum absolute atomic E-state index is 13.2. The van der Waals surface area contributed by atoms with Crippen LogP contribution in [0.1, 0.15) is 16.7 Å². The molecule has 1 atom stereocenters. The maximum Gasteiger partial charge on any atom is 0.307 e. The fourth-order valence-corrected chi connectivity index (χ4v) is 2.32. The van der Waals surface area contributed by atoms with Crippen molar-refractivity contribution in [3.63, 3.8) is 0 Å². The van der Waals surface area contributed by atoms with E-state index in [1.54, 1.807) is 12.1 Å². The van der Waals surface area contributed by atoms with Crippen LogP contribution in [0.25, 0.3) is 0 Å². The minimum atomic E-state index is -0.851. The van der Waals surface area contributed by atoms with Crippen LogP contribution in [-0.4, -0.2) is 11.1 Å². The van der Waals surface area contributed by atoms with Crippen LogP contribution >= 0.6 is 0 Å². The number of carboxylic acid groups (broad SMARTS) is 1. The lowest BCUT2D eigenvalue weighted by Gasteiger charge is -2.13. The predicted octanol–water partition coefficient (Wildman–Crippen LogP) is 3.62. The van der Waals surface area contributed by atoms with Gasteiger partial charge in [-0.2, -0.15) is 0 Å². The zero-order valence-corrected chi connectivity index (χ0v) is 11.3. The minimum Gasteiger partial charge on any atom is -0.481 e. The normalized spacial score (nSPS) is 12.1. The average molecular weight is 272 g/mol. The van der Waals surface area contributed by atoms with E-state index in [1.807, 2.05) is 31.2 Å². The van der Waals surface area contributed by atoms with Gasteiger partial charge in [0.25, 0.3) is 0 Å². The van der Waals surface area contributed by atoms with Gasteiger partial charge in [0.1, 0.15) is 5.82 Å². The van der Waals surface area contributed by atoms with Gasteiger partial charge < -0.3 is 5.11 Å². The molecule has 2 rings (SSSR count). The number of halogens is 1. The van der Waals surface area contributed by atoms with Gasteiger partial charge >= 0.3 is 5.97 Å². The highest BCUT2D eigenvalue weighted by Crippen LogP contribution is 2.17. The topological polar surface area (TPSA) is 37.3 Å². The SMILES string of the molecule is Cc1cccc(CC(Cc2cccc(F)c2)C(=O)O)c1. The van der Waals surface area contributed by atoms with Crippen LogP contribution in [0.3, 0.4) is 0 Å². The lowest BCUT2D eigenvalue weighted by atomic mass is 9.92. The van der Waals surface area contributed by atoms with Gasteiger partial charge in [-0.25, -0.2) is 4.39 Å². The monoisotopic (exact) mass is 272 g/mol. The molecule has 2 aromatic rings. The smallest absolute Gasteiger partial charge is 0.307 e. The summed E-state index contributed by atoms with van der Waals surface area (Å²) < 4.78 is 13.2. The Kier molecular flexibility index (Phi) is 4.51. The first-order chi connectivity index (χ1) is 9.54. The quantitative estimate of drug-likeness (QED) is 0.902. The van der Waals surface area contributed by atoms with Crippen molar-refractivity contribution in [2.75, 3.05) is 0 Å². The molecule has 0 saturated carbocycles. The summed E-state index contributed by atoms with van der Waals surface area (Å²) >= 11 is 0. The summed E-state index contributed by atoms with van der Waals surface area (Å²) in [6.07, 6.45) is 0.786. The third-order valence-corrected chi connectivity index (χ3v) is 3.28. The van der Waals surface area contributed by atoms with Gasteiger partial charge in [-0.1, -0.05) is 42.0 Å². The Bertz CT molecular complexity index is 560. The van der Waals surface area contributed by atoms with E-state index in [9.17, 15) is 14.3 Å². The number of carbonyl (C=O) groups is 1. The largest absolute Gasteiger partial charge is 0.481 e. The van der Waals surface area contributed by atoms with Gasteiger partial charge in [-0.05, 0) is 43.0 Å². The molecular weight excluding hydrogens is 255 g/mol. The van der Waals surface area contributed by atoms with Crippen LogP contribution in [0.2, 0.25) is 0 Å². The number of aryl methyl sites for hydroxylation is 1. The van der Waals surface area contributed by atoms with E-state index in [-0.39, 0.29) is 5.82 Å². The molecule has 104 valence electrons. The molecule has 0 radical (unpaired) electrons. The fourth-order valence-electron chi connectivity index (χ4n) is 2.32. The second kappa shape index (κ2) is 6.33. The van der Waals surface area contributed by atoms with Crippen molar-refractivity contribution in [2.24, 2.45) is 5.92 Å². The van der Waals surface area contributed by atoms with Crippen molar-refractivity contribution < 1.29 is 14.3 Å². The Hall–Kier alpha value is -2.16. The summed E-state index contributed by atoms with van der Waals surface area (Å²) in [6, 6.07) is 13.9. The van der Waals surface area contributed by atoms with Crippen LogP contribution < -0.4 is 0 Å². The molecule has 2 aromatic carbocycles. The van der Waals surface area contributed by atoms with Crippen molar-refractivity contribution in [1.82, 2.24) is 0 Å². The first-order valence-electron chi connectivity index (χ1n) is 6.57. The molecule has 1 unspecified atom stereocenters. The summed E-state index contributed by atoms with van der Waals surface area (Å²) in [5.74, 6) is -1.73. The van der Waals surface area contributed by atoms with Crippen LogP contribution in [-0.2, 0) is 17.6 Å². The van der Waals surface area contributed by atoms with Gasteiger partial charge in [0.2, 0.25) is 0 Å². The van der Waals surface area contributed by atoms with Crippen LogP contribution in [0, 0.1) is 18.7 Å². The van der Waals surface area contributed by atoms with Crippen LogP contribution in [0.15, 0.2) is 48.5 Å². The predicted molar refractivity (Wildman–Crippen MR) is 76.1 cm³/mol. The van der Waals surface area contributed by atoms with Crippen molar-refractivity contribution in [1.29, 1.82) is 0 Å². The molecule has 0 fully saturated rings. The van der Waals surface area contributed by atoms with E-state index in [0.29, 0.717) is 18.4 Å². The fraction of sp³-hybridized carbons (Fsp3) is 0.235. The highest BCUT2D eigenvalue weighted by Gasteiger charge is 2.18. The molecule has 0 bridgehead atoms. The van der Waals surface area contributed by atoms with Crippen molar-refractivity contribution >= 4 is 5.97 Å². The molecule has 0 aromatic heterocycles. The second-order valence-corrected chi connectivity index (χ2v) is 5.06. The molecule has 2 nitrogen and oxygen atoms in total. The van der Waals surface area contributed by atoms with E-state index in [2.05, 4.69) is 0 Å². The molecule has 0 aliphatic heterocycles. The molecule has 0 amide bonds. The zero-order chi connectivity index (χ0) is 14.5. The first-order valence-corrected chi connectivity index (χ1v) is 6.57. The lowest BCUT2D eigenvalue weighted by molar-refractivity contribution is -0.141. The molecule has 0 aliphatic rings. The summed E-state index contributed by atoms with van der Waals surface area (Å²) in [6.45, 7) is 1.98. The Morgan fingerprint density at radius 2 is 1.70 bits per heavy atom. The second-order valence-electron chi connectivity index (χ2n) is 5.06. The third-order valence-electron chi connectivity index (χ3n) is 3.28. The van der Waals surface area contributed by atoms with Gasteiger partial charge in [-0.3, -0.25) is 4.79 Å². The molecule has 0 spiro atoms. The molecule has 20 heavy (non-hydrogen) atoms. The average Bonchev–Trinajstić information content (AvgIpc) is 2.38. The Morgan fingerprint density at radius 1 is 1.10 bits per heavy atom. The lowest BCUT2D eigenvalue weighted by Crippen LogP contribution is -2.19. The van der Waals surface area contributed by atoms with Crippen molar-refractivity contribution in [3.05, 3.63) is 71.0 Å². The molecule has 0 saturated heterocycles. The number of hydrogen-bond acceptors (Lipinski definition) is 1. The standard InChI is InChI=1S/C17H17FO2/c1-12-4-2-5-13(8-12)9-15(17(19)20)10-14-6-3-7-16(18)11-14/h2-8,11,15H,9-10H2,1H3,(H,19,20). The number of aliphatic carboxylic acids is 1. The third kappa shape index (κ3) is 3.92. The Morgan fingerprint density at radius 3 is 2.25 bits per heavy atom. The van der Waals surface area contributed by atoms with Gasteiger partial charge in [0, 0.05) is 0 Å². The maximum atomic E-state index is 13.2. The van der Waals surface area contributed by atoms with Crippen LogP contribution in [0.4, 0.5) is 4.39 Å². The van der Waals surface area contributed by atoms with Gasteiger partial charge in [-0.15, -0.1) is 0 Å². The van der Waals surface area contributed by atoms with Crippen molar-refractivity contribution in [2.45, 2.75) is 19.8 Å². The van der Waals surface area contributed by atoms with E-state index >= 15 is 0 Å². The highest BCUT2D eigenvalue weighted by atomic mass is 19.1. The number of rotatable bonds is 5. The number of hydrogen-bond donors (Lipinski definition) is 1. The van der Waals surface area contributed by atoms with Crippen molar-refractivity contribution in [3.8, 4) is 0 Å². The van der Waals surface area contributed by atoms with E-state index in [0.717, 1.165) is 11.1 Å². The highest BCUT2D eigenvalue weighted by molar-refractivity contribution is 5.70. The number of benzene rings is 2. The minimum absolute atomic E-state index is 0.331. The Labute approximate surface area is 117 Å². The molecular formula is C17H17FO2. The molecule has 0 heterocycles. The summed E-state index contributed by atoms with van der Waals surface area (Å²) in [5.41, 5.74) is 2.82. The molecule has 0 aliphatic carbocycles.